The van der Waals surface area contributed by atoms with Crippen LogP contribution in [0.5, 0.6) is 0 Å². The molecule has 2 rings (SSSR count). The third-order valence-electron chi connectivity index (χ3n) is 2.90. The number of hydrogen-bond donors (Lipinski definition) is 2. The van der Waals surface area contributed by atoms with Gasteiger partial charge in [-0.25, -0.2) is 8.78 Å². The molecule has 0 aliphatic carbocycles. The molecule has 0 amide bonds. The molecule has 2 N–H and O–H groups in total. The third-order valence-corrected chi connectivity index (χ3v) is 2.90. The molecule has 2 aromatic rings. The van der Waals surface area contributed by atoms with Gasteiger partial charge in [0.05, 0.1) is 6.54 Å². The van der Waals surface area contributed by atoms with Gasteiger partial charge in [-0.15, -0.1) is 34.2 Å². The highest BCUT2D eigenvalue weighted by atomic mass is 127. The predicted molar refractivity (Wildman–Crippen MR) is 89.8 cm³/mol. The number of aliphatic imine (C=N–C) groups is 1. The maximum atomic E-state index is 13.5. The van der Waals surface area contributed by atoms with Crippen LogP contribution in [0.3, 0.4) is 0 Å². The van der Waals surface area contributed by atoms with Gasteiger partial charge in [-0.05, 0) is 18.2 Å². The zero-order valence-electron chi connectivity index (χ0n) is 12.2. The van der Waals surface area contributed by atoms with Gasteiger partial charge in [0.15, 0.2) is 11.8 Å². The Kier molecular flexibility index (Phi) is 7.15. The first-order chi connectivity index (χ1) is 10.1. The molecule has 0 fully saturated rings. The second-order valence-corrected chi connectivity index (χ2v) is 4.37. The highest BCUT2D eigenvalue weighted by Crippen LogP contribution is 2.09. The number of guanidine groups is 1. The number of halogens is 3. The van der Waals surface area contributed by atoms with Crippen molar-refractivity contribution in [2.24, 2.45) is 12.0 Å². The summed E-state index contributed by atoms with van der Waals surface area (Å²) in [5, 5.41) is 13.6. The average molecular weight is 422 g/mol. The third kappa shape index (κ3) is 4.90. The summed E-state index contributed by atoms with van der Waals surface area (Å²) in [7, 11) is 3.42. The van der Waals surface area contributed by atoms with Crippen LogP contribution < -0.4 is 10.6 Å². The van der Waals surface area contributed by atoms with Crippen LogP contribution in [0.4, 0.5) is 8.78 Å². The van der Waals surface area contributed by atoms with Crippen molar-refractivity contribution in [3.63, 3.8) is 0 Å². The summed E-state index contributed by atoms with van der Waals surface area (Å²) < 4.78 is 28.3. The van der Waals surface area contributed by atoms with Crippen molar-refractivity contribution in [3.05, 3.63) is 47.5 Å². The number of rotatable bonds is 4. The Morgan fingerprint density at radius 2 is 2.00 bits per heavy atom. The van der Waals surface area contributed by atoms with Crippen molar-refractivity contribution in [3.8, 4) is 0 Å². The van der Waals surface area contributed by atoms with Crippen molar-refractivity contribution in [1.29, 1.82) is 0 Å². The van der Waals surface area contributed by atoms with Crippen LogP contribution in [0, 0.1) is 11.6 Å². The van der Waals surface area contributed by atoms with E-state index in [0.29, 0.717) is 12.5 Å². The number of nitrogens with one attached hydrogen (secondary N) is 2. The largest absolute Gasteiger partial charge is 0.352 e. The van der Waals surface area contributed by atoms with Gasteiger partial charge < -0.3 is 15.2 Å². The monoisotopic (exact) mass is 422 g/mol. The summed E-state index contributed by atoms with van der Waals surface area (Å²) in [6.07, 6.45) is 1.59. The Balaban J connectivity index is 0.00000242. The maximum absolute atomic E-state index is 13.5. The molecule has 1 aromatic carbocycles. The number of benzene rings is 1. The van der Waals surface area contributed by atoms with Crippen molar-refractivity contribution in [2.45, 2.75) is 13.1 Å². The quantitative estimate of drug-likeness (QED) is 0.446. The molecule has 0 aliphatic heterocycles. The second-order valence-electron chi connectivity index (χ2n) is 4.37. The smallest absolute Gasteiger partial charge is 0.191 e. The molecule has 0 aliphatic rings. The Morgan fingerprint density at radius 3 is 2.64 bits per heavy atom. The zero-order chi connectivity index (χ0) is 15.2. The van der Waals surface area contributed by atoms with E-state index in [1.54, 1.807) is 17.9 Å². The van der Waals surface area contributed by atoms with E-state index in [9.17, 15) is 8.78 Å². The van der Waals surface area contributed by atoms with E-state index in [1.807, 2.05) is 7.05 Å². The second kappa shape index (κ2) is 8.61. The van der Waals surface area contributed by atoms with Crippen LogP contribution in [0.2, 0.25) is 0 Å². The van der Waals surface area contributed by atoms with E-state index in [1.165, 1.54) is 0 Å². The number of aromatic nitrogens is 3. The molecule has 0 bridgehead atoms. The fourth-order valence-corrected chi connectivity index (χ4v) is 1.71. The average Bonchev–Trinajstić information content (AvgIpc) is 2.88. The lowest BCUT2D eigenvalue weighted by Crippen LogP contribution is -2.37. The van der Waals surface area contributed by atoms with E-state index in [-0.39, 0.29) is 36.1 Å². The van der Waals surface area contributed by atoms with E-state index >= 15 is 0 Å². The first kappa shape index (κ1) is 18.3. The summed E-state index contributed by atoms with van der Waals surface area (Å²) in [4.78, 5) is 4.01. The maximum Gasteiger partial charge on any atom is 0.191 e. The van der Waals surface area contributed by atoms with Gasteiger partial charge >= 0.3 is 0 Å². The van der Waals surface area contributed by atoms with Gasteiger partial charge in [0, 0.05) is 26.2 Å². The molecule has 120 valence electrons. The summed E-state index contributed by atoms with van der Waals surface area (Å²) in [6, 6.07) is 3.33. The number of aryl methyl sites for hydroxylation is 1. The zero-order valence-corrected chi connectivity index (χ0v) is 14.5. The normalized spacial score (nSPS) is 11.0. The Labute approximate surface area is 144 Å². The highest BCUT2D eigenvalue weighted by Gasteiger charge is 2.06. The van der Waals surface area contributed by atoms with Crippen LogP contribution in [-0.4, -0.2) is 27.8 Å². The van der Waals surface area contributed by atoms with Gasteiger partial charge in [-0.2, -0.15) is 0 Å². The van der Waals surface area contributed by atoms with Crippen LogP contribution in [0.15, 0.2) is 29.5 Å². The molecule has 1 aromatic heterocycles. The number of hydrogen-bond acceptors (Lipinski definition) is 3. The molecular formula is C13H17F2IN6. The molecule has 6 nitrogen and oxygen atoms in total. The summed E-state index contributed by atoms with van der Waals surface area (Å²) in [6.45, 7) is 0.546. The molecule has 1 heterocycles. The van der Waals surface area contributed by atoms with Crippen molar-refractivity contribution >= 4 is 29.9 Å². The fourth-order valence-electron chi connectivity index (χ4n) is 1.71. The summed E-state index contributed by atoms with van der Waals surface area (Å²) >= 11 is 0. The standard InChI is InChI=1S/C13H16F2N6.HI/c1-16-13(18-7-12-20-19-8-21(12)2)17-6-9-5-10(14)3-4-11(9)15;/h3-5,8H,6-7H2,1-2H3,(H2,16,17,18);1H. The van der Waals surface area contributed by atoms with Gasteiger partial charge in [-0.1, -0.05) is 0 Å². The van der Waals surface area contributed by atoms with Crippen LogP contribution in [-0.2, 0) is 20.1 Å². The van der Waals surface area contributed by atoms with Crippen molar-refractivity contribution < 1.29 is 8.78 Å². The minimum absolute atomic E-state index is 0. The number of nitrogens with zero attached hydrogens (tertiary/aromatic N) is 4. The molecule has 0 radical (unpaired) electrons. The van der Waals surface area contributed by atoms with Crippen LogP contribution in [0.1, 0.15) is 11.4 Å². The summed E-state index contributed by atoms with van der Waals surface area (Å²) in [5.74, 6) is 0.249. The highest BCUT2D eigenvalue weighted by molar-refractivity contribution is 14.0. The van der Waals surface area contributed by atoms with Crippen molar-refractivity contribution in [2.75, 3.05) is 7.05 Å². The Bertz CT molecular complexity index is 643. The van der Waals surface area contributed by atoms with E-state index in [2.05, 4.69) is 25.8 Å². The molecular weight excluding hydrogens is 405 g/mol. The minimum Gasteiger partial charge on any atom is -0.352 e. The van der Waals surface area contributed by atoms with Crippen molar-refractivity contribution in [1.82, 2.24) is 25.4 Å². The van der Waals surface area contributed by atoms with Gasteiger partial charge in [0.25, 0.3) is 0 Å². The molecule has 0 saturated heterocycles. The predicted octanol–water partition coefficient (Wildman–Crippen LogP) is 1.58. The molecule has 22 heavy (non-hydrogen) atoms. The van der Waals surface area contributed by atoms with E-state index in [0.717, 1.165) is 24.0 Å². The first-order valence-corrected chi connectivity index (χ1v) is 6.31. The lowest BCUT2D eigenvalue weighted by atomic mass is 10.2. The SMILES string of the molecule is CN=C(NCc1cc(F)ccc1F)NCc1nncn1C.I. The Hall–Kier alpha value is -1.78. The van der Waals surface area contributed by atoms with Gasteiger partial charge in [-0.3, -0.25) is 4.99 Å². The molecule has 9 heteroatoms. The molecule has 0 atom stereocenters. The lowest BCUT2D eigenvalue weighted by molar-refractivity contribution is 0.581. The fraction of sp³-hybridized carbons (Fsp3) is 0.308. The minimum atomic E-state index is -0.477. The van der Waals surface area contributed by atoms with Gasteiger partial charge in [0.2, 0.25) is 0 Å². The van der Waals surface area contributed by atoms with Crippen LogP contribution >= 0.6 is 24.0 Å². The molecule has 0 unspecified atom stereocenters. The topological polar surface area (TPSA) is 67.1 Å². The lowest BCUT2D eigenvalue weighted by Gasteiger charge is -2.12. The summed E-state index contributed by atoms with van der Waals surface area (Å²) in [5.41, 5.74) is 0.233. The van der Waals surface area contributed by atoms with Gasteiger partial charge in [0.1, 0.15) is 18.0 Å². The van der Waals surface area contributed by atoms with E-state index < -0.39 is 11.6 Å². The molecule has 0 saturated carbocycles. The molecule has 0 spiro atoms. The first-order valence-electron chi connectivity index (χ1n) is 6.31. The Morgan fingerprint density at radius 1 is 1.27 bits per heavy atom. The van der Waals surface area contributed by atoms with E-state index in [4.69, 9.17) is 0 Å². The van der Waals surface area contributed by atoms with Crippen LogP contribution in [0.25, 0.3) is 0 Å².